The predicted octanol–water partition coefficient (Wildman–Crippen LogP) is 2.76. The minimum Gasteiger partial charge on any atom is -0.356 e. The van der Waals surface area contributed by atoms with Gasteiger partial charge in [-0.1, -0.05) is 17.7 Å². The Kier molecular flexibility index (Phi) is 6.54. The third kappa shape index (κ3) is 4.54. The van der Waals surface area contributed by atoms with Crippen molar-refractivity contribution in [3.8, 4) is 0 Å². The molecule has 3 N–H and O–H groups in total. The van der Waals surface area contributed by atoms with Gasteiger partial charge in [-0.25, -0.2) is 9.18 Å². The van der Waals surface area contributed by atoms with E-state index >= 15 is 0 Å². The lowest BCUT2D eigenvalue weighted by Crippen LogP contribution is -2.43. The van der Waals surface area contributed by atoms with E-state index in [1.807, 2.05) is 0 Å². The highest BCUT2D eigenvalue weighted by Gasteiger charge is 2.12. The number of hydrogen-bond donors (Lipinski definition) is 3. The van der Waals surface area contributed by atoms with Crippen LogP contribution >= 0.6 is 24.0 Å². The summed E-state index contributed by atoms with van der Waals surface area (Å²) in [6, 6.07) is 3.61. The standard InChI is InChI=1S/C12H14ClFN4O.ClH/c13-8-4-3-5-9(14)10(8)17-12(19)18-11-15-6-1-2-7-16-11;/h3-5H,1-2,6-7H2,(H3,15,16,17,18,19);1H. The number of para-hydroxylation sites is 1. The van der Waals surface area contributed by atoms with Gasteiger partial charge in [0.2, 0.25) is 0 Å². The van der Waals surface area contributed by atoms with Crippen LogP contribution in [0.25, 0.3) is 0 Å². The Morgan fingerprint density at radius 3 is 2.90 bits per heavy atom. The van der Waals surface area contributed by atoms with Crippen LogP contribution < -0.4 is 16.0 Å². The second-order valence-electron chi connectivity index (χ2n) is 4.04. The summed E-state index contributed by atoms with van der Waals surface area (Å²) in [6.07, 6.45) is 1.97. The highest BCUT2D eigenvalue weighted by molar-refractivity contribution is 6.33. The third-order valence-electron chi connectivity index (χ3n) is 2.58. The number of hydrogen-bond acceptors (Lipinski definition) is 3. The van der Waals surface area contributed by atoms with Crippen LogP contribution in [0.2, 0.25) is 5.02 Å². The van der Waals surface area contributed by atoms with Crippen molar-refractivity contribution in [1.29, 1.82) is 0 Å². The van der Waals surface area contributed by atoms with Gasteiger partial charge < -0.3 is 10.6 Å². The quantitative estimate of drug-likeness (QED) is 0.745. The minimum absolute atomic E-state index is 0. The smallest absolute Gasteiger partial charge is 0.326 e. The van der Waals surface area contributed by atoms with Gasteiger partial charge >= 0.3 is 6.03 Å². The first-order valence-electron chi connectivity index (χ1n) is 5.97. The van der Waals surface area contributed by atoms with Crippen molar-refractivity contribution in [2.24, 2.45) is 4.99 Å². The van der Waals surface area contributed by atoms with Gasteiger partial charge in [-0.15, -0.1) is 12.4 Å². The molecule has 2 rings (SSSR count). The lowest BCUT2D eigenvalue weighted by atomic mass is 10.3. The van der Waals surface area contributed by atoms with Crippen LogP contribution in [0.1, 0.15) is 12.8 Å². The van der Waals surface area contributed by atoms with Gasteiger partial charge in [0.05, 0.1) is 10.7 Å². The summed E-state index contributed by atoms with van der Waals surface area (Å²) in [4.78, 5) is 15.9. The first-order valence-corrected chi connectivity index (χ1v) is 6.35. The Balaban J connectivity index is 0.00000200. The summed E-state index contributed by atoms with van der Waals surface area (Å²) in [7, 11) is 0. The molecule has 1 aromatic rings. The number of aliphatic imine (C=N–C) groups is 1. The van der Waals surface area contributed by atoms with Crippen molar-refractivity contribution >= 4 is 41.7 Å². The van der Waals surface area contributed by atoms with Gasteiger partial charge in [-0.3, -0.25) is 10.3 Å². The predicted molar refractivity (Wildman–Crippen MR) is 80.4 cm³/mol. The summed E-state index contributed by atoms with van der Waals surface area (Å²) >= 11 is 5.81. The molecule has 5 nitrogen and oxygen atoms in total. The molecule has 0 atom stereocenters. The normalized spacial score (nSPS) is 14.2. The van der Waals surface area contributed by atoms with E-state index in [4.69, 9.17) is 11.6 Å². The Morgan fingerprint density at radius 1 is 1.35 bits per heavy atom. The van der Waals surface area contributed by atoms with Crippen molar-refractivity contribution in [2.75, 3.05) is 18.4 Å². The largest absolute Gasteiger partial charge is 0.356 e. The van der Waals surface area contributed by atoms with Gasteiger partial charge in [0.1, 0.15) is 5.82 Å². The highest BCUT2D eigenvalue weighted by atomic mass is 35.5. The van der Waals surface area contributed by atoms with Crippen molar-refractivity contribution in [2.45, 2.75) is 12.8 Å². The number of guanidine groups is 1. The van der Waals surface area contributed by atoms with Gasteiger partial charge in [-0.05, 0) is 25.0 Å². The van der Waals surface area contributed by atoms with Crippen LogP contribution in [0.15, 0.2) is 23.2 Å². The van der Waals surface area contributed by atoms with Crippen LogP contribution in [0, 0.1) is 5.82 Å². The maximum absolute atomic E-state index is 13.5. The number of rotatable bonds is 1. The third-order valence-corrected chi connectivity index (χ3v) is 2.90. The molecule has 0 radical (unpaired) electrons. The molecule has 8 heteroatoms. The first-order chi connectivity index (χ1) is 9.16. The zero-order valence-electron chi connectivity index (χ0n) is 10.6. The van der Waals surface area contributed by atoms with Crippen LogP contribution in [-0.2, 0) is 0 Å². The minimum atomic E-state index is -0.585. The molecule has 20 heavy (non-hydrogen) atoms. The molecule has 1 aromatic carbocycles. The second-order valence-corrected chi connectivity index (χ2v) is 4.45. The lowest BCUT2D eigenvalue weighted by molar-refractivity contribution is 0.255. The Labute approximate surface area is 127 Å². The number of nitrogens with zero attached hydrogens (tertiary/aromatic N) is 1. The molecule has 1 aliphatic rings. The topological polar surface area (TPSA) is 65.5 Å². The van der Waals surface area contributed by atoms with Gasteiger partial charge in [0.15, 0.2) is 5.96 Å². The van der Waals surface area contributed by atoms with Gasteiger partial charge in [-0.2, -0.15) is 0 Å². The molecule has 0 bridgehead atoms. The Morgan fingerprint density at radius 2 is 2.15 bits per heavy atom. The monoisotopic (exact) mass is 320 g/mol. The van der Waals surface area contributed by atoms with Crippen LogP contribution in [0.3, 0.4) is 0 Å². The van der Waals surface area contributed by atoms with E-state index in [1.54, 1.807) is 0 Å². The van der Waals surface area contributed by atoms with Gasteiger partial charge in [0, 0.05) is 13.1 Å². The number of benzene rings is 1. The number of carbonyl (C=O) groups excluding carboxylic acids is 1. The molecule has 0 spiro atoms. The number of nitrogens with one attached hydrogen (secondary N) is 3. The van der Waals surface area contributed by atoms with Crippen molar-refractivity contribution < 1.29 is 9.18 Å². The Bertz CT molecular complexity index is 490. The summed E-state index contributed by atoms with van der Waals surface area (Å²) in [5, 5.41) is 8.02. The zero-order chi connectivity index (χ0) is 13.7. The fourth-order valence-electron chi connectivity index (χ4n) is 1.64. The first kappa shape index (κ1) is 16.5. The SMILES string of the molecule is Cl.O=C(NC1=NCCCCN1)Nc1c(F)cccc1Cl. The lowest BCUT2D eigenvalue weighted by Gasteiger charge is -2.11. The summed E-state index contributed by atoms with van der Waals surface area (Å²) < 4.78 is 13.5. The van der Waals surface area contributed by atoms with E-state index in [2.05, 4.69) is 20.9 Å². The molecule has 0 unspecified atom stereocenters. The highest BCUT2D eigenvalue weighted by Crippen LogP contribution is 2.24. The number of anilines is 1. The molecular formula is C12H15Cl2FN4O. The molecule has 2 amide bonds. The second kappa shape index (κ2) is 7.91. The summed E-state index contributed by atoms with van der Waals surface area (Å²) in [5.74, 6) is -0.194. The van der Waals surface area contributed by atoms with E-state index in [0.717, 1.165) is 19.4 Å². The van der Waals surface area contributed by atoms with Crippen molar-refractivity contribution in [3.63, 3.8) is 0 Å². The maximum atomic E-state index is 13.5. The molecule has 0 aromatic heterocycles. The molecule has 1 heterocycles. The summed E-state index contributed by atoms with van der Waals surface area (Å²) in [6.45, 7) is 1.41. The molecular weight excluding hydrogens is 306 g/mol. The van der Waals surface area contributed by atoms with Crippen molar-refractivity contribution in [1.82, 2.24) is 10.6 Å². The molecule has 110 valence electrons. The molecule has 0 aliphatic carbocycles. The fourth-order valence-corrected chi connectivity index (χ4v) is 1.85. The maximum Gasteiger partial charge on any atom is 0.326 e. The van der Waals surface area contributed by atoms with Crippen LogP contribution in [-0.4, -0.2) is 25.1 Å². The molecule has 0 saturated carbocycles. The van der Waals surface area contributed by atoms with E-state index in [0.29, 0.717) is 12.5 Å². The number of carbonyl (C=O) groups is 1. The average molecular weight is 321 g/mol. The molecule has 1 aliphatic heterocycles. The molecule has 0 fully saturated rings. The van der Waals surface area contributed by atoms with Crippen LogP contribution in [0.5, 0.6) is 0 Å². The van der Waals surface area contributed by atoms with E-state index < -0.39 is 11.8 Å². The van der Waals surface area contributed by atoms with E-state index in [9.17, 15) is 9.18 Å². The van der Waals surface area contributed by atoms with Crippen molar-refractivity contribution in [3.05, 3.63) is 29.0 Å². The average Bonchev–Trinajstić information content (AvgIpc) is 2.63. The number of halogens is 3. The molecule has 0 saturated heterocycles. The van der Waals surface area contributed by atoms with E-state index in [-0.39, 0.29) is 23.1 Å². The number of amides is 2. The number of urea groups is 1. The summed E-state index contributed by atoms with van der Waals surface area (Å²) in [5.41, 5.74) is -0.0455. The van der Waals surface area contributed by atoms with Gasteiger partial charge in [0.25, 0.3) is 0 Å². The Hall–Kier alpha value is -1.53. The van der Waals surface area contributed by atoms with E-state index in [1.165, 1.54) is 18.2 Å². The fraction of sp³-hybridized carbons (Fsp3) is 0.333. The zero-order valence-corrected chi connectivity index (χ0v) is 12.2. The van der Waals surface area contributed by atoms with Crippen LogP contribution in [0.4, 0.5) is 14.9 Å².